The molecular formula is C15H25ClN2O. The lowest BCUT2D eigenvalue weighted by molar-refractivity contribution is 0.201. The summed E-state index contributed by atoms with van der Waals surface area (Å²) in [5.41, 5.74) is 2.30. The Morgan fingerprint density at radius 1 is 1.37 bits per heavy atom. The van der Waals surface area contributed by atoms with Gasteiger partial charge in [0.1, 0.15) is 0 Å². The van der Waals surface area contributed by atoms with Gasteiger partial charge in [-0.3, -0.25) is 0 Å². The lowest BCUT2D eigenvalue weighted by atomic mass is 10.1. The molecule has 0 amide bonds. The first-order chi connectivity index (χ1) is 8.69. The number of likely N-dealkylation sites (N-methyl/N-ethyl adjacent to an activating group) is 1. The van der Waals surface area contributed by atoms with Crippen molar-refractivity contribution in [3.05, 3.63) is 28.8 Å². The topological polar surface area (TPSA) is 35.5 Å². The largest absolute Gasteiger partial charge is 0.392 e. The second-order valence-electron chi connectivity index (χ2n) is 6.11. The molecule has 2 N–H and O–H groups in total. The molecule has 1 rings (SSSR count). The Bertz CT molecular complexity index is 413. The zero-order valence-electron chi connectivity index (χ0n) is 12.5. The van der Waals surface area contributed by atoms with E-state index in [0.717, 1.165) is 22.8 Å². The highest BCUT2D eigenvalue weighted by molar-refractivity contribution is 6.30. The maximum absolute atomic E-state index is 9.51. The summed E-state index contributed by atoms with van der Waals surface area (Å²) in [6, 6.07) is 5.87. The first-order valence-corrected chi connectivity index (χ1v) is 6.99. The highest BCUT2D eigenvalue weighted by Crippen LogP contribution is 2.24. The number of aliphatic hydroxyl groups is 1. The van der Waals surface area contributed by atoms with Crippen molar-refractivity contribution in [2.24, 2.45) is 0 Å². The molecule has 4 heteroatoms. The number of aliphatic hydroxyl groups excluding tert-OH is 1. The van der Waals surface area contributed by atoms with Crippen molar-refractivity contribution in [1.82, 2.24) is 5.32 Å². The Balaban J connectivity index is 2.91. The number of nitrogens with zero attached hydrogens (tertiary/aromatic N) is 1. The molecule has 0 aliphatic rings. The lowest BCUT2D eigenvalue weighted by Crippen LogP contribution is -2.36. The van der Waals surface area contributed by atoms with Crippen LogP contribution in [0.25, 0.3) is 0 Å². The van der Waals surface area contributed by atoms with Gasteiger partial charge in [0.25, 0.3) is 0 Å². The first kappa shape index (κ1) is 16.3. The number of benzene rings is 1. The van der Waals surface area contributed by atoms with Crippen LogP contribution in [-0.4, -0.2) is 30.3 Å². The van der Waals surface area contributed by atoms with Gasteiger partial charge >= 0.3 is 0 Å². The van der Waals surface area contributed by atoms with E-state index in [2.05, 4.69) is 31.0 Å². The van der Waals surface area contributed by atoms with Gasteiger partial charge in [0.2, 0.25) is 0 Å². The molecule has 1 aromatic carbocycles. The van der Waals surface area contributed by atoms with Crippen molar-refractivity contribution in [2.75, 3.05) is 18.5 Å². The SMILES string of the molecule is CC(O)CN(C)c1ccc(Cl)cc1CNC(C)(C)C. The molecule has 0 saturated heterocycles. The summed E-state index contributed by atoms with van der Waals surface area (Å²) in [6.07, 6.45) is -0.357. The van der Waals surface area contributed by atoms with Crippen LogP contribution in [0.2, 0.25) is 5.02 Å². The highest BCUT2D eigenvalue weighted by atomic mass is 35.5. The normalized spacial score (nSPS) is 13.4. The average Bonchev–Trinajstić information content (AvgIpc) is 2.24. The monoisotopic (exact) mass is 284 g/mol. The van der Waals surface area contributed by atoms with Crippen molar-refractivity contribution in [3.63, 3.8) is 0 Å². The number of anilines is 1. The maximum atomic E-state index is 9.51. The van der Waals surface area contributed by atoms with Crippen molar-refractivity contribution in [3.8, 4) is 0 Å². The molecular weight excluding hydrogens is 260 g/mol. The molecule has 0 spiro atoms. The summed E-state index contributed by atoms with van der Waals surface area (Å²) in [5, 5.41) is 13.7. The number of hydrogen-bond donors (Lipinski definition) is 2. The van der Waals surface area contributed by atoms with Crippen LogP contribution < -0.4 is 10.2 Å². The fourth-order valence-corrected chi connectivity index (χ4v) is 2.12. The molecule has 0 heterocycles. The van der Waals surface area contributed by atoms with E-state index in [4.69, 9.17) is 11.6 Å². The van der Waals surface area contributed by atoms with Gasteiger partial charge < -0.3 is 15.3 Å². The predicted molar refractivity (Wildman–Crippen MR) is 83.0 cm³/mol. The summed E-state index contributed by atoms with van der Waals surface area (Å²) in [7, 11) is 1.98. The molecule has 19 heavy (non-hydrogen) atoms. The molecule has 0 aromatic heterocycles. The molecule has 1 aromatic rings. The second-order valence-corrected chi connectivity index (χ2v) is 6.54. The third-order valence-corrected chi connectivity index (χ3v) is 3.04. The Kier molecular flexibility index (Phi) is 5.65. The third kappa shape index (κ3) is 5.81. The van der Waals surface area contributed by atoms with Gasteiger partial charge in [0.05, 0.1) is 6.10 Å². The third-order valence-electron chi connectivity index (χ3n) is 2.80. The molecule has 108 valence electrons. The van der Waals surface area contributed by atoms with Crippen LogP contribution in [0, 0.1) is 0 Å². The number of rotatable bonds is 5. The zero-order valence-corrected chi connectivity index (χ0v) is 13.3. The molecule has 0 aliphatic carbocycles. The molecule has 0 aliphatic heterocycles. The Hall–Kier alpha value is -0.770. The van der Waals surface area contributed by atoms with Gasteiger partial charge in [-0.2, -0.15) is 0 Å². The molecule has 1 unspecified atom stereocenters. The Morgan fingerprint density at radius 2 is 2.00 bits per heavy atom. The van der Waals surface area contributed by atoms with Gasteiger partial charge in [0.15, 0.2) is 0 Å². The van der Waals surface area contributed by atoms with Crippen LogP contribution in [0.1, 0.15) is 33.3 Å². The van der Waals surface area contributed by atoms with E-state index < -0.39 is 0 Å². The van der Waals surface area contributed by atoms with Crippen molar-refractivity contribution >= 4 is 17.3 Å². The van der Waals surface area contributed by atoms with Gasteiger partial charge in [-0.25, -0.2) is 0 Å². The molecule has 0 fully saturated rings. The fraction of sp³-hybridized carbons (Fsp3) is 0.600. The molecule has 1 atom stereocenters. The van der Waals surface area contributed by atoms with Crippen molar-refractivity contribution < 1.29 is 5.11 Å². The van der Waals surface area contributed by atoms with E-state index in [1.54, 1.807) is 6.92 Å². The van der Waals surface area contributed by atoms with Gasteiger partial charge in [-0.05, 0) is 51.5 Å². The summed E-state index contributed by atoms with van der Waals surface area (Å²) >= 11 is 6.08. The van der Waals surface area contributed by atoms with E-state index in [1.165, 1.54) is 0 Å². The lowest BCUT2D eigenvalue weighted by Gasteiger charge is -2.26. The number of halogens is 1. The Labute approximate surface area is 121 Å². The number of hydrogen-bond acceptors (Lipinski definition) is 3. The van der Waals surface area contributed by atoms with E-state index in [0.29, 0.717) is 6.54 Å². The minimum Gasteiger partial charge on any atom is -0.392 e. The fourth-order valence-electron chi connectivity index (χ4n) is 1.92. The van der Waals surface area contributed by atoms with Crippen molar-refractivity contribution in [1.29, 1.82) is 0 Å². The smallest absolute Gasteiger partial charge is 0.0686 e. The second kappa shape index (κ2) is 6.60. The number of nitrogens with one attached hydrogen (secondary N) is 1. The van der Waals surface area contributed by atoms with Crippen LogP contribution in [-0.2, 0) is 6.54 Å². The van der Waals surface area contributed by atoms with E-state index in [9.17, 15) is 5.11 Å². The molecule has 0 bridgehead atoms. The van der Waals surface area contributed by atoms with Crippen LogP contribution in [0.5, 0.6) is 0 Å². The quantitative estimate of drug-likeness (QED) is 0.872. The van der Waals surface area contributed by atoms with Crippen molar-refractivity contribution in [2.45, 2.75) is 45.9 Å². The Morgan fingerprint density at radius 3 is 2.53 bits per heavy atom. The van der Waals surface area contributed by atoms with Crippen LogP contribution in [0.4, 0.5) is 5.69 Å². The summed E-state index contributed by atoms with van der Waals surface area (Å²) < 4.78 is 0. The zero-order chi connectivity index (χ0) is 14.6. The van der Waals surface area contributed by atoms with E-state index in [-0.39, 0.29) is 11.6 Å². The van der Waals surface area contributed by atoms with E-state index >= 15 is 0 Å². The van der Waals surface area contributed by atoms with Gasteiger partial charge in [-0.1, -0.05) is 11.6 Å². The highest BCUT2D eigenvalue weighted by Gasteiger charge is 2.13. The summed E-state index contributed by atoms with van der Waals surface area (Å²) in [4.78, 5) is 2.06. The minimum absolute atomic E-state index is 0.0580. The summed E-state index contributed by atoms with van der Waals surface area (Å²) in [5.74, 6) is 0. The molecule has 0 radical (unpaired) electrons. The van der Waals surface area contributed by atoms with E-state index in [1.807, 2.05) is 25.2 Å². The van der Waals surface area contributed by atoms with Gasteiger partial charge in [-0.15, -0.1) is 0 Å². The maximum Gasteiger partial charge on any atom is 0.0686 e. The van der Waals surface area contributed by atoms with Crippen LogP contribution in [0.15, 0.2) is 18.2 Å². The molecule has 0 saturated carbocycles. The molecule has 3 nitrogen and oxygen atoms in total. The first-order valence-electron chi connectivity index (χ1n) is 6.61. The predicted octanol–water partition coefficient (Wildman–Crippen LogP) is 3.05. The van der Waals surface area contributed by atoms with Crippen LogP contribution in [0.3, 0.4) is 0 Å². The minimum atomic E-state index is -0.357. The average molecular weight is 285 g/mol. The van der Waals surface area contributed by atoms with Crippen LogP contribution >= 0.6 is 11.6 Å². The van der Waals surface area contributed by atoms with Gasteiger partial charge in [0, 0.05) is 36.4 Å². The summed E-state index contributed by atoms with van der Waals surface area (Å²) in [6.45, 7) is 9.55. The standard InChI is InChI=1S/C15H25ClN2O/c1-11(19)10-18(5)14-7-6-13(16)8-12(14)9-17-15(2,3)4/h6-8,11,17,19H,9-10H2,1-5H3.